The van der Waals surface area contributed by atoms with Gasteiger partial charge >= 0.3 is 0 Å². The molecule has 1 aliphatic rings. The van der Waals surface area contributed by atoms with Gasteiger partial charge < -0.3 is 15.5 Å². The van der Waals surface area contributed by atoms with Gasteiger partial charge in [-0.25, -0.2) is 0 Å². The Labute approximate surface area is 105 Å². The molecule has 4 nitrogen and oxygen atoms in total. The number of hydrogen-bond acceptors (Lipinski definition) is 3. The van der Waals surface area contributed by atoms with E-state index in [1.807, 2.05) is 0 Å². The lowest BCUT2D eigenvalue weighted by atomic mass is 10.1. The van der Waals surface area contributed by atoms with Crippen molar-refractivity contribution in [2.24, 2.45) is 5.92 Å². The van der Waals surface area contributed by atoms with E-state index in [2.05, 4.69) is 36.4 Å². The average Bonchev–Trinajstić information content (AvgIpc) is 2.64. The van der Waals surface area contributed by atoms with Gasteiger partial charge in [-0.2, -0.15) is 0 Å². The monoisotopic (exact) mass is 241 g/mol. The van der Waals surface area contributed by atoms with Crippen LogP contribution in [0.15, 0.2) is 0 Å². The molecular formula is C13H27N3O. The van der Waals surface area contributed by atoms with Gasteiger partial charge in [-0.3, -0.25) is 4.79 Å². The zero-order valence-electron chi connectivity index (χ0n) is 11.5. The first-order valence-corrected chi connectivity index (χ1v) is 6.80. The van der Waals surface area contributed by atoms with Gasteiger partial charge in [0.25, 0.3) is 0 Å². The molecule has 0 aliphatic carbocycles. The number of hydrogen-bond donors (Lipinski definition) is 2. The van der Waals surface area contributed by atoms with Crippen LogP contribution in [0.25, 0.3) is 0 Å². The first kappa shape index (κ1) is 14.5. The Bertz CT molecular complexity index is 233. The lowest BCUT2D eigenvalue weighted by molar-refractivity contribution is -0.120. The molecule has 0 spiro atoms. The molecule has 1 amide bonds. The summed E-state index contributed by atoms with van der Waals surface area (Å²) >= 11 is 0. The Hall–Kier alpha value is -0.610. The predicted octanol–water partition coefficient (Wildman–Crippen LogP) is 0.833. The van der Waals surface area contributed by atoms with Crippen LogP contribution in [0.1, 0.15) is 33.1 Å². The fraction of sp³-hybridized carbons (Fsp3) is 0.923. The quantitative estimate of drug-likeness (QED) is 0.694. The van der Waals surface area contributed by atoms with Crippen LogP contribution in [-0.2, 0) is 4.79 Å². The minimum atomic E-state index is 0.123. The molecule has 0 aromatic heterocycles. The van der Waals surface area contributed by atoms with Crippen LogP contribution >= 0.6 is 0 Å². The number of carbonyl (C=O) groups is 1. The standard InChI is InChI=1S/C13H27N3O/c1-4-5-11(2)15-13(17)9-14-8-12-6-7-16(3)10-12/h11-12,14H,4-10H2,1-3H3,(H,15,17). The topological polar surface area (TPSA) is 44.4 Å². The van der Waals surface area contributed by atoms with Crippen LogP contribution < -0.4 is 10.6 Å². The highest BCUT2D eigenvalue weighted by molar-refractivity contribution is 5.78. The zero-order chi connectivity index (χ0) is 12.7. The predicted molar refractivity (Wildman–Crippen MR) is 71.0 cm³/mol. The van der Waals surface area contributed by atoms with Crippen molar-refractivity contribution in [3.8, 4) is 0 Å². The van der Waals surface area contributed by atoms with E-state index in [0.717, 1.165) is 25.9 Å². The summed E-state index contributed by atoms with van der Waals surface area (Å²) in [6.45, 7) is 7.95. The van der Waals surface area contributed by atoms with Gasteiger partial charge in [0.1, 0.15) is 0 Å². The van der Waals surface area contributed by atoms with Gasteiger partial charge in [0.2, 0.25) is 5.91 Å². The molecule has 1 saturated heterocycles. The molecule has 0 aromatic rings. The molecule has 1 rings (SSSR count). The van der Waals surface area contributed by atoms with Crippen molar-refractivity contribution >= 4 is 5.91 Å². The Morgan fingerprint density at radius 2 is 2.29 bits per heavy atom. The molecule has 0 bridgehead atoms. The van der Waals surface area contributed by atoms with E-state index < -0.39 is 0 Å². The second kappa shape index (κ2) is 7.67. The molecule has 100 valence electrons. The van der Waals surface area contributed by atoms with Crippen molar-refractivity contribution in [2.45, 2.75) is 39.2 Å². The minimum Gasteiger partial charge on any atom is -0.353 e. The van der Waals surface area contributed by atoms with Crippen molar-refractivity contribution in [2.75, 3.05) is 33.2 Å². The fourth-order valence-electron chi connectivity index (χ4n) is 2.41. The van der Waals surface area contributed by atoms with Crippen LogP contribution in [0.5, 0.6) is 0 Å². The molecular weight excluding hydrogens is 214 g/mol. The Morgan fingerprint density at radius 3 is 2.88 bits per heavy atom. The summed E-state index contributed by atoms with van der Waals surface area (Å²) in [4.78, 5) is 13.9. The van der Waals surface area contributed by atoms with Crippen molar-refractivity contribution < 1.29 is 4.79 Å². The van der Waals surface area contributed by atoms with Crippen molar-refractivity contribution in [1.29, 1.82) is 0 Å². The summed E-state index contributed by atoms with van der Waals surface area (Å²) in [5, 5.41) is 6.26. The van der Waals surface area contributed by atoms with Gasteiger partial charge in [-0.15, -0.1) is 0 Å². The summed E-state index contributed by atoms with van der Waals surface area (Å²) in [6.07, 6.45) is 3.42. The van der Waals surface area contributed by atoms with Gasteiger partial charge in [0.05, 0.1) is 6.54 Å². The SMILES string of the molecule is CCCC(C)NC(=O)CNCC1CCN(C)C1. The number of rotatable bonds is 7. The number of amides is 1. The summed E-state index contributed by atoms with van der Waals surface area (Å²) in [5.74, 6) is 0.832. The molecule has 2 atom stereocenters. The van der Waals surface area contributed by atoms with E-state index in [4.69, 9.17) is 0 Å². The third-order valence-corrected chi connectivity index (χ3v) is 3.34. The highest BCUT2D eigenvalue weighted by Gasteiger charge is 2.18. The second-order valence-corrected chi connectivity index (χ2v) is 5.31. The average molecular weight is 241 g/mol. The maximum absolute atomic E-state index is 11.6. The van der Waals surface area contributed by atoms with E-state index in [1.54, 1.807) is 0 Å². The lowest BCUT2D eigenvalue weighted by Gasteiger charge is -2.14. The third-order valence-electron chi connectivity index (χ3n) is 3.34. The van der Waals surface area contributed by atoms with Gasteiger partial charge in [-0.1, -0.05) is 13.3 Å². The van der Waals surface area contributed by atoms with E-state index in [1.165, 1.54) is 13.0 Å². The Balaban J connectivity index is 2.04. The summed E-state index contributed by atoms with van der Waals surface area (Å²) in [7, 11) is 2.15. The molecule has 2 N–H and O–H groups in total. The van der Waals surface area contributed by atoms with E-state index in [0.29, 0.717) is 18.5 Å². The zero-order valence-corrected chi connectivity index (χ0v) is 11.5. The fourth-order valence-corrected chi connectivity index (χ4v) is 2.41. The Morgan fingerprint density at radius 1 is 1.53 bits per heavy atom. The molecule has 1 aliphatic heterocycles. The van der Waals surface area contributed by atoms with Crippen LogP contribution in [0.2, 0.25) is 0 Å². The highest BCUT2D eigenvalue weighted by Crippen LogP contribution is 2.12. The van der Waals surface area contributed by atoms with Crippen molar-refractivity contribution in [3.05, 3.63) is 0 Å². The lowest BCUT2D eigenvalue weighted by Crippen LogP contribution is -2.40. The molecule has 2 unspecified atom stereocenters. The highest BCUT2D eigenvalue weighted by atomic mass is 16.1. The molecule has 0 aromatic carbocycles. The normalized spacial score (nSPS) is 22.6. The molecule has 0 radical (unpaired) electrons. The summed E-state index contributed by atoms with van der Waals surface area (Å²) in [6, 6.07) is 0.298. The number of nitrogens with one attached hydrogen (secondary N) is 2. The van der Waals surface area contributed by atoms with Gasteiger partial charge in [-0.05, 0) is 45.8 Å². The maximum Gasteiger partial charge on any atom is 0.234 e. The molecule has 4 heteroatoms. The molecule has 1 fully saturated rings. The molecule has 17 heavy (non-hydrogen) atoms. The molecule has 0 saturated carbocycles. The van der Waals surface area contributed by atoms with Crippen molar-refractivity contribution in [3.63, 3.8) is 0 Å². The maximum atomic E-state index is 11.6. The first-order chi connectivity index (χ1) is 8.11. The van der Waals surface area contributed by atoms with Crippen LogP contribution in [0, 0.1) is 5.92 Å². The van der Waals surface area contributed by atoms with Crippen LogP contribution in [-0.4, -0.2) is 50.1 Å². The van der Waals surface area contributed by atoms with E-state index in [-0.39, 0.29) is 5.91 Å². The van der Waals surface area contributed by atoms with E-state index >= 15 is 0 Å². The largest absolute Gasteiger partial charge is 0.353 e. The second-order valence-electron chi connectivity index (χ2n) is 5.31. The number of carbonyl (C=O) groups excluding carboxylic acids is 1. The number of likely N-dealkylation sites (tertiary alicyclic amines) is 1. The van der Waals surface area contributed by atoms with Gasteiger partial charge in [0.15, 0.2) is 0 Å². The van der Waals surface area contributed by atoms with Crippen LogP contribution in [0.3, 0.4) is 0 Å². The first-order valence-electron chi connectivity index (χ1n) is 6.80. The third kappa shape index (κ3) is 6.03. The van der Waals surface area contributed by atoms with Crippen LogP contribution in [0.4, 0.5) is 0 Å². The molecule has 1 heterocycles. The van der Waals surface area contributed by atoms with E-state index in [9.17, 15) is 4.79 Å². The summed E-state index contributed by atoms with van der Waals surface area (Å²) < 4.78 is 0. The number of nitrogens with zero attached hydrogens (tertiary/aromatic N) is 1. The van der Waals surface area contributed by atoms with Crippen molar-refractivity contribution in [1.82, 2.24) is 15.5 Å². The smallest absolute Gasteiger partial charge is 0.234 e. The summed E-state index contributed by atoms with van der Waals surface area (Å²) in [5.41, 5.74) is 0. The Kier molecular flexibility index (Phi) is 6.52. The minimum absolute atomic E-state index is 0.123. The van der Waals surface area contributed by atoms with Gasteiger partial charge in [0, 0.05) is 12.6 Å².